The van der Waals surface area contributed by atoms with Gasteiger partial charge in [0.2, 0.25) is 0 Å². The fourth-order valence-electron chi connectivity index (χ4n) is 3.28. The Labute approximate surface area is 183 Å². The first-order chi connectivity index (χ1) is 15.5. The maximum atomic E-state index is 13.3. The van der Waals surface area contributed by atoms with E-state index in [9.17, 15) is 14.7 Å². The molecule has 1 unspecified atom stereocenters. The molecule has 0 radical (unpaired) electrons. The first kappa shape index (κ1) is 21.0. The van der Waals surface area contributed by atoms with Crippen molar-refractivity contribution >= 4 is 28.8 Å². The lowest BCUT2D eigenvalue weighted by Gasteiger charge is -2.24. The zero-order valence-electron chi connectivity index (χ0n) is 17.0. The Bertz CT molecular complexity index is 1240. The predicted molar refractivity (Wildman–Crippen MR) is 118 cm³/mol. The number of benzene rings is 3. The minimum Gasteiger partial charge on any atom is -0.480 e. The van der Waals surface area contributed by atoms with Gasteiger partial charge in [0.25, 0.3) is 0 Å². The summed E-state index contributed by atoms with van der Waals surface area (Å²) in [6, 6.07) is 22.2. The summed E-state index contributed by atoms with van der Waals surface area (Å²) >= 11 is 0. The summed E-state index contributed by atoms with van der Waals surface area (Å²) in [7, 11) is 0. The summed E-state index contributed by atoms with van der Waals surface area (Å²) < 4.78 is 5.58. The van der Waals surface area contributed by atoms with Crippen molar-refractivity contribution in [3.05, 3.63) is 90.0 Å². The number of hydrogen-bond acceptors (Lipinski definition) is 6. The summed E-state index contributed by atoms with van der Waals surface area (Å²) in [5.74, 6) is -1.13. The van der Waals surface area contributed by atoms with Crippen LogP contribution in [0.5, 0.6) is 0 Å². The van der Waals surface area contributed by atoms with Crippen LogP contribution in [0, 0.1) is 0 Å². The van der Waals surface area contributed by atoms with Gasteiger partial charge in [0.15, 0.2) is 0 Å². The average molecular weight is 431 g/mol. The van der Waals surface area contributed by atoms with Crippen LogP contribution in [-0.4, -0.2) is 38.3 Å². The first-order valence-corrected chi connectivity index (χ1v) is 9.92. The summed E-state index contributed by atoms with van der Waals surface area (Å²) in [6.45, 7) is 0.0552. The molecule has 1 heterocycles. The molecule has 9 heteroatoms. The van der Waals surface area contributed by atoms with Gasteiger partial charge in [-0.05, 0) is 34.5 Å². The topological polar surface area (TPSA) is 124 Å². The zero-order valence-corrected chi connectivity index (χ0v) is 17.0. The van der Waals surface area contributed by atoms with E-state index >= 15 is 0 Å². The number of carbonyl (C=O) groups is 2. The monoisotopic (exact) mass is 431 g/mol. The third-order valence-electron chi connectivity index (χ3n) is 4.88. The molecule has 0 fully saturated rings. The maximum absolute atomic E-state index is 13.3. The van der Waals surface area contributed by atoms with Gasteiger partial charge in [-0.15, -0.1) is 9.89 Å². The normalized spacial score (nSPS) is 11.8. The average Bonchev–Trinajstić information content (AvgIpc) is 3.23. The highest BCUT2D eigenvalue weighted by Gasteiger charge is 2.26. The molecule has 0 saturated heterocycles. The second-order valence-electron chi connectivity index (χ2n) is 7.10. The number of aliphatic carboxylic acids is 1. The fourth-order valence-corrected chi connectivity index (χ4v) is 3.28. The van der Waals surface area contributed by atoms with Crippen molar-refractivity contribution in [2.75, 3.05) is 5.01 Å². The molecule has 0 aliphatic heterocycles. The molecule has 0 aliphatic carbocycles. The predicted octanol–water partition coefficient (Wildman–Crippen LogP) is 2.99. The zero-order chi connectivity index (χ0) is 22.5. The third-order valence-corrected chi connectivity index (χ3v) is 4.88. The number of carbonyl (C=O) groups excluding carboxylic acids is 1. The van der Waals surface area contributed by atoms with Crippen LogP contribution in [0.15, 0.2) is 78.9 Å². The largest absolute Gasteiger partial charge is 0.480 e. The van der Waals surface area contributed by atoms with Gasteiger partial charge in [-0.1, -0.05) is 60.7 Å². The smallest absolute Gasteiger partial charge is 0.435 e. The lowest BCUT2D eigenvalue weighted by Crippen LogP contribution is -2.39. The van der Waals surface area contributed by atoms with Gasteiger partial charge in [0.05, 0.1) is 5.69 Å². The SMILES string of the molecule is NC(Cc1ccccc1N(C(=O)OCc1ccccc1)n1nnc2ccccc21)C(=O)O. The van der Waals surface area contributed by atoms with E-state index in [0.29, 0.717) is 22.3 Å². The number of hydrogen-bond donors (Lipinski definition) is 2. The van der Waals surface area contributed by atoms with E-state index in [-0.39, 0.29) is 13.0 Å². The van der Waals surface area contributed by atoms with Crippen LogP contribution in [0.2, 0.25) is 0 Å². The molecule has 0 bridgehead atoms. The Balaban J connectivity index is 1.75. The molecular weight excluding hydrogens is 410 g/mol. The van der Waals surface area contributed by atoms with Gasteiger partial charge in [0, 0.05) is 6.42 Å². The van der Waals surface area contributed by atoms with Crippen LogP contribution in [0.25, 0.3) is 11.0 Å². The van der Waals surface area contributed by atoms with E-state index in [1.807, 2.05) is 42.5 Å². The fraction of sp³-hybridized carbons (Fsp3) is 0.130. The van der Waals surface area contributed by atoms with Gasteiger partial charge in [-0.2, -0.15) is 5.01 Å². The van der Waals surface area contributed by atoms with Crippen LogP contribution in [0.1, 0.15) is 11.1 Å². The van der Waals surface area contributed by atoms with Gasteiger partial charge < -0.3 is 15.6 Å². The Morgan fingerprint density at radius 3 is 2.47 bits per heavy atom. The van der Waals surface area contributed by atoms with E-state index in [0.717, 1.165) is 5.56 Å². The lowest BCUT2D eigenvalue weighted by molar-refractivity contribution is -0.138. The molecule has 1 amide bonds. The number of ether oxygens (including phenoxy) is 1. The molecule has 3 N–H and O–H groups in total. The van der Waals surface area contributed by atoms with Crippen molar-refractivity contribution in [2.45, 2.75) is 19.1 Å². The number of nitrogens with two attached hydrogens (primary N) is 1. The van der Waals surface area contributed by atoms with Crippen molar-refractivity contribution in [3.63, 3.8) is 0 Å². The molecule has 1 aromatic heterocycles. The molecule has 9 nitrogen and oxygen atoms in total. The second-order valence-corrected chi connectivity index (χ2v) is 7.10. The first-order valence-electron chi connectivity index (χ1n) is 9.92. The standard InChI is InChI=1S/C23H21N5O4/c24-18(22(29)30)14-17-10-4-6-12-20(17)27(23(31)32-15-16-8-2-1-3-9-16)28-21-13-7-5-11-19(21)25-26-28/h1-13,18H,14-15,24H2,(H,29,30). The Hall–Kier alpha value is -4.24. The molecule has 0 aliphatic rings. The molecular formula is C23H21N5O4. The molecule has 0 spiro atoms. The number of anilines is 1. The van der Waals surface area contributed by atoms with E-state index in [2.05, 4.69) is 10.3 Å². The highest BCUT2D eigenvalue weighted by molar-refractivity contribution is 5.90. The molecule has 0 saturated carbocycles. The van der Waals surface area contributed by atoms with Crippen molar-refractivity contribution < 1.29 is 19.4 Å². The van der Waals surface area contributed by atoms with E-state index in [1.165, 1.54) is 9.80 Å². The van der Waals surface area contributed by atoms with Crippen LogP contribution >= 0.6 is 0 Å². The summed E-state index contributed by atoms with van der Waals surface area (Å²) in [5.41, 5.74) is 8.72. The van der Waals surface area contributed by atoms with Crippen LogP contribution in [0.3, 0.4) is 0 Å². The number of para-hydroxylation sites is 2. The maximum Gasteiger partial charge on any atom is 0.435 e. The number of amides is 1. The highest BCUT2D eigenvalue weighted by Crippen LogP contribution is 2.25. The van der Waals surface area contributed by atoms with Crippen molar-refractivity contribution in [2.24, 2.45) is 5.73 Å². The molecule has 1 atom stereocenters. The minimum absolute atomic E-state index is 0.0145. The van der Waals surface area contributed by atoms with Crippen molar-refractivity contribution in [1.29, 1.82) is 0 Å². The number of aromatic nitrogens is 3. The number of fused-ring (bicyclic) bond motifs is 1. The summed E-state index contributed by atoms with van der Waals surface area (Å²) in [5, 5.41) is 18.8. The van der Waals surface area contributed by atoms with Crippen LogP contribution in [0.4, 0.5) is 10.5 Å². The van der Waals surface area contributed by atoms with Crippen molar-refractivity contribution in [3.8, 4) is 0 Å². The molecule has 162 valence electrons. The number of rotatable bonds is 7. The Kier molecular flexibility index (Phi) is 6.09. The second kappa shape index (κ2) is 9.27. The molecule has 4 rings (SSSR count). The minimum atomic E-state index is -1.13. The Morgan fingerprint density at radius 1 is 1.00 bits per heavy atom. The highest BCUT2D eigenvalue weighted by atomic mass is 16.6. The summed E-state index contributed by atoms with van der Waals surface area (Å²) in [4.78, 5) is 26.0. The lowest BCUT2D eigenvalue weighted by atomic mass is 10.0. The van der Waals surface area contributed by atoms with E-state index in [1.54, 1.807) is 36.4 Å². The van der Waals surface area contributed by atoms with Crippen LogP contribution in [-0.2, 0) is 22.6 Å². The van der Waals surface area contributed by atoms with Crippen LogP contribution < -0.4 is 10.7 Å². The van der Waals surface area contributed by atoms with Gasteiger partial charge in [-0.25, -0.2) is 4.79 Å². The van der Waals surface area contributed by atoms with Crippen molar-refractivity contribution in [1.82, 2.24) is 15.1 Å². The molecule has 32 heavy (non-hydrogen) atoms. The van der Waals surface area contributed by atoms with E-state index < -0.39 is 18.1 Å². The van der Waals surface area contributed by atoms with Gasteiger partial charge in [0.1, 0.15) is 23.7 Å². The quantitative estimate of drug-likeness (QED) is 0.461. The number of carboxylic acid groups (broad SMARTS) is 1. The number of nitrogens with zero attached hydrogens (tertiary/aromatic N) is 4. The Morgan fingerprint density at radius 2 is 1.69 bits per heavy atom. The van der Waals surface area contributed by atoms with Gasteiger partial charge >= 0.3 is 12.1 Å². The summed E-state index contributed by atoms with van der Waals surface area (Å²) in [6.07, 6.45) is -0.679. The van der Waals surface area contributed by atoms with Gasteiger partial charge in [-0.3, -0.25) is 4.79 Å². The molecule has 4 aromatic rings. The van der Waals surface area contributed by atoms with E-state index in [4.69, 9.17) is 10.5 Å². The molecule has 3 aromatic carbocycles. The number of carboxylic acids is 1. The third kappa shape index (κ3) is 4.42.